The van der Waals surface area contributed by atoms with E-state index in [0.717, 1.165) is 5.56 Å². The predicted molar refractivity (Wildman–Crippen MR) is 78.6 cm³/mol. The van der Waals surface area contributed by atoms with Gasteiger partial charge in [0.2, 0.25) is 0 Å². The van der Waals surface area contributed by atoms with E-state index in [2.05, 4.69) is 5.32 Å². The van der Waals surface area contributed by atoms with Crippen molar-refractivity contribution in [3.63, 3.8) is 0 Å². The van der Waals surface area contributed by atoms with Crippen molar-refractivity contribution in [1.82, 2.24) is 5.32 Å². The maximum Gasteiger partial charge on any atom is 0.408 e. The number of carbonyl (C=O) groups excluding carboxylic acids is 2. The minimum atomic E-state index is -0.559. The number of rotatable bonds is 5. The van der Waals surface area contributed by atoms with Gasteiger partial charge in [0, 0.05) is 6.42 Å². The van der Waals surface area contributed by atoms with Gasteiger partial charge in [0.25, 0.3) is 0 Å². The maximum atomic E-state index is 11.9. The van der Waals surface area contributed by atoms with Gasteiger partial charge in [-0.1, -0.05) is 30.3 Å². The average Bonchev–Trinajstić information content (AvgIpc) is 2.34. The summed E-state index contributed by atoms with van der Waals surface area (Å²) in [5.41, 5.74) is 0.557. The molecule has 0 saturated heterocycles. The third kappa shape index (κ3) is 6.36. The van der Waals surface area contributed by atoms with E-state index < -0.39 is 17.7 Å². The molecule has 0 aromatic heterocycles. The number of Topliss-reactive ketones (excluding diaryl/α,β-unsaturated/α-hetero) is 1. The Kier molecular flexibility index (Phi) is 5.74. The minimum Gasteiger partial charge on any atom is -0.444 e. The summed E-state index contributed by atoms with van der Waals surface area (Å²) in [6.07, 6.45) is 0.527. The van der Waals surface area contributed by atoms with Crippen LogP contribution in [-0.2, 0) is 16.0 Å². The van der Waals surface area contributed by atoms with Crippen LogP contribution in [0.5, 0.6) is 0 Å². The van der Waals surface area contributed by atoms with Gasteiger partial charge in [-0.2, -0.15) is 0 Å². The molecule has 20 heavy (non-hydrogen) atoms. The highest BCUT2D eigenvalue weighted by molar-refractivity contribution is 5.87. The van der Waals surface area contributed by atoms with E-state index in [1.807, 2.05) is 30.3 Å². The first-order valence-corrected chi connectivity index (χ1v) is 6.84. The van der Waals surface area contributed by atoms with E-state index >= 15 is 0 Å². The molecule has 0 heterocycles. The topological polar surface area (TPSA) is 55.4 Å². The van der Waals surface area contributed by atoms with Crippen molar-refractivity contribution >= 4 is 11.9 Å². The first-order valence-electron chi connectivity index (χ1n) is 6.84. The number of nitrogens with one attached hydrogen (secondary N) is 1. The fourth-order valence-corrected chi connectivity index (χ4v) is 1.69. The third-order valence-corrected chi connectivity index (χ3v) is 2.72. The molecule has 0 aliphatic rings. The molecule has 0 spiro atoms. The van der Waals surface area contributed by atoms with Gasteiger partial charge in [0.15, 0.2) is 5.78 Å². The number of amides is 1. The normalized spacial score (nSPS) is 12.6. The summed E-state index contributed by atoms with van der Waals surface area (Å²) in [7, 11) is 0. The van der Waals surface area contributed by atoms with Crippen LogP contribution in [0.25, 0.3) is 0 Å². The van der Waals surface area contributed by atoms with Crippen LogP contribution in [0.15, 0.2) is 30.3 Å². The molecule has 0 bridgehead atoms. The van der Waals surface area contributed by atoms with Crippen LogP contribution in [-0.4, -0.2) is 23.5 Å². The van der Waals surface area contributed by atoms with E-state index in [1.165, 1.54) is 0 Å². The fourth-order valence-electron chi connectivity index (χ4n) is 1.69. The fraction of sp³-hybridized carbons (Fsp3) is 0.500. The monoisotopic (exact) mass is 277 g/mol. The highest BCUT2D eigenvalue weighted by atomic mass is 16.6. The molecule has 0 aliphatic heterocycles. The molecule has 4 nitrogen and oxygen atoms in total. The summed E-state index contributed by atoms with van der Waals surface area (Å²) in [6.45, 7) is 7.04. The van der Waals surface area contributed by atoms with Gasteiger partial charge in [0.05, 0.1) is 6.04 Å². The maximum absolute atomic E-state index is 11.9. The summed E-state index contributed by atoms with van der Waals surface area (Å²) in [4.78, 5) is 23.5. The van der Waals surface area contributed by atoms with E-state index in [4.69, 9.17) is 4.74 Å². The van der Waals surface area contributed by atoms with E-state index in [0.29, 0.717) is 12.8 Å². The number of carbonyl (C=O) groups is 2. The average molecular weight is 277 g/mol. The first kappa shape index (κ1) is 16.2. The van der Waals surface area contributed by atoms with Crippen molar-refractivity contribution in [3.8, 4) is 0 Å². The summed E-state index contributed by atoms with van der Waals surface area (Å²) >= 11 is 0. The Morgan fingerprint density at radius 3 is 2.35 bits per heavy atom. The van der Waals surface area contributed by atoms with Gasteiger partial charge >= 0.3 is 6.09 Å². The molecule has 110 valence electrons. The lowest BCUT2D eigenvalue weighted by Gasteiger charge is -2.21. The van der Waals surface area contributed by atoms with Crippen molar-refractivity contribution in [2.24, 2.45) is 0 Å². The highest BCUT2D eigenvalue weighted by Gasteiger charge is 2.20. The van der Waals surface area contributed by atoms with Gasteiger partial charge in [-0.05, 0) is 39.7 Å². The smallest absolute Gasteiger partial charge is 0.408 e. The SMILES string of the molecule is CC(NC(=O)OC(C)(C)C)C(=O)CCc1ccccc1. The summed E-state index contributed by atoms with van der Waals surface area (Å²) in [5, 5.41) is 2.56. The number of alkyl carbamates (subject to hydrolysis) is 1. The molecule has 1 rings (SSSR count). The van der Waals surface area contributed by atoms with Crippen LogP contribution in [0.1, 0.15) is 39.7 Å². The third-order valence-electron chi connectivity index (χ3n) is 2.72. The van der Waals surface area contributed by atoms with Crippen LogP contribution in [0.3, 0.4) is 0 Å². The molecular formula is C16H23NO3. The number of hydrogen-bond donors (Lipinski definition) is 1. The molecule has 1 amide bonds. The van der Waals surface area contributed by atoms with Gasteiger partial charge in [-0.15, -0.1) is 0 Å². The number of hydrogen-bond acceptors (Lipinski definition) is 3. The quantitative estimate of drug-likeness (QED) is 0.899. The van der Waals surface area contributed by atoms with Crippen LogP contribution in [0, 0.1) is 0 Å². The zero-order valence-corrected chi connectivity index (χ0v) is 12.6. The molecule has 1 aromatic carbocycles. The Bertz CT molecular complexity index is 449. The standard InChI is InChI=1S/C16H23NO3/c1-12(17-15(19)20-16(2,3)4)14(18)11-10-13-8-6-5-7-9-13/h5-9,12H,10-11H2,1-4H3,(H,17,19). The van der Waals surface area contributed by atoms with Crippen LogP contribution < -0.4 is 5.32 Å². The Balaban J connectivity index is 2.38. The van der Waals surface area contributed by atoms with E-state index in [1.54, 1.807) is 27.7 Å². The van der Waals surface area contributed by atoms with Crippen molar-refractivity contribution in [3.05, 3.63) is 35.9 Å². The van der Waals surface area contributed by atoms with E-state index in [9.17, 15) is 9.59 Å². The molecule has 0 fully saturated rings. The predicted octanol–water partition coefficient (Wildman–Crippen LogP) is 3.10. The van der Waals surface area contributed by atoms with Gasteiger partial charge in [-0.25, -0.2) is 4.79 Å². The molecule has 4 heteroatoms. The van der Waals surface area contributed by atoms with Crippen molar-refractivity contribution < 1.29 is 14.3 Å². The summed E-state index contributed by atoms with van der Waals surface area (Å²) in [5.74, 6) is -0.000266. The van der Waals surface area contributed by atoms with E-state index in [-0.39, 0.29) is 5.78 Å². The molecular weight excluding hydrogens is 254 g/mol. The Hall–Kier alpha value is -1.84. The van der Waals surface area contributed by atoms with Crippen molar-refractivity contribution in [2.75, 3.05) is 0 Å². The zero-order chi connectivity index (χ0) is 15.2. The Morgan fingerprint density at radius 2 is 1.80 bits per heavy atom. The number of benzene rings is 1. The van der Waals surface area contributed by atoms with Gasteiger partial charge < -0.3 is 10.1 Å². The lowest BCUT2D eigenvalue weighted by molar-refractivity contribution is -0.120. The summed E-state index contributed by atoms with van der Waals surface area (Å²) in [6, 6.07) is 9.27. The molecule has 1 aromatic rings. The summed E-state index contributed by atoms with van der Waals surface area (Å²) < 4.78 is 5.12. The molecule has 1 unspecified atom stereocenters. The second-order valence-corrected chi connectivity index (χ2v) is 5.82. The molecule has 1 N–H and O–H groups in total. The Labute approximate surface area is 120 Å². The second-order valence-electron chi connectivity index (χ2n) is 5.82. The molecule has 0 radical (unpaired) electrons. The number of ether oxygens (including phenoxy) is 1. The van der Waals surface area contributed by atoms with Crippen LogP contribution in [0.4, 0.5) is 4.79 Å². The van der Waals surface area contributed by atoms with Crippen LogP contribution >= 0.6 is 0 Å². The first-order chi connectivity index (χ1) is 9.28. The molecule has 0 aliphatic carbocycles. The zero-order valence-electron chi connectivity index (χ0n) is 12.6. The molecule has 0 saturated carbocycles. The minimum absolute atomic E-state index is 0.000266. The van der Waals surface area contributed by atoms with Crippen LogP contribution in [0.2, 0.25) is 0 Å². The Morgan fingerprint density at radius 1 is 1.20 bits per heavy atom. The van der Waals surface area contributed by atoms with Gasteiger partial charge in [-0.3, -0.25) is 4.79 Å². The second kappa shape index (κ2) is 7.08. The van der Waals surface area contributed by atoms with Crippen molar-refractivity contribution in [2.45, 2.75) is 52.2 Å². The highest BCUT2D eigenvalue weighted by Crippen LogP contribution is 2.08. The van der Waals surface area contributed by atoms with Gasteiger partial charge in [0.1, 0.15) is 5.60 Å². The number of ketones is 1. The number of aryl methyl sites for hydroxylation is 1. The molecule has 1 atom stereocenters. The lowest BCUT2D eigenvalue weighted by Crippen LogP contribution is -2.41. The van der Waals surface area contributed by atoms with Crippen molar-refractivity contribution in [1.29, 1.82) is 0 Å². The lowest BCUT2D eigenvalue weighted by atomic mass is 10.0. The largest absolute Gasteiger partial charge is 0.444 e.